The van der Waals surface area contributed by atoms with Crippen molar-refractivity contribution in [3.8, 4) is 101 Å². The van der Waals surface area contributed by atoms with E-state index in [0.717, 1.165) is 50.1 Å². The first-order valence-electron chi connectivity index (χ1n) is 22.9. The summed E-state index contributed by atoms with van der Waals surface area (Å²) in [6.45, 7) is 0. The summed E-state index contributed by atoms with van der Waals surface area (Å²) < 4.78 is 0. The van der Waals surface area contributed by atoms with Crippen LogP contribution in [0.25, 0.3) is 101 Å². The van der Waals surface area contributed by atoms with Crippen molar-refractivity contribution in [3.63, 3.8) is 0 Å². The van der Waals surface area contributed by atoms with Gasteiger partial charge >= 0.3 is 0 Å². The molecule has 0 saturated carbocycles. The van der Waals surface area contributed by atoms with Gasteiger partial charge in [0.1, 0.15) is 0 Å². The summed E-state index contributed by atoms with van der Waals surface area (Å²) in [4.78, 5) is 16.3. The van der Waals surface area contributed by atoms with E-state index in [9.17, 15) is 0 Å². The van der Waals surface area contributed by atoms with Gasteiger partial charge in [-0.3, -0.25) is 0 Å². The lowest BCUT2D eigenvalue weighted by molar-refractivity contribution is 0.775. The van der Waals surface area contributed by atoms with E-state index in [4.69, 9.17) is 15.0 Å². The van der Waals surface area contributed by atoms with Crippen LogP contribution in [0, 0.1) is 0 Å². The molecule has 67 heavy (non-hydrogen) atoms. The minimum absolute atomic E-state index is 0.577. The van der Waals surface area contributed by atoms with Gasteiger partial charge in [-0.1, -0.05) is 224 Å². The molecule has 0 atom stereocenters. The summed E-state index contributed by atoms with van der Waals surface area (Å²) in [6, 6.07) is 89.5. The lowest BCUT2D eigenvalue weighted by Gasteiger charge is -2.35. The van der Waals surface area contributed by atoms with Gasteiger partial charge in [-0.05, 0) is 113 Å². The van der Waals surface area contributed by atoms with E-state index in [0.29, 0.717) is 17.5 Å². The molecule has 3 nitrogen and oxygen atoms in total. The van der Waals surface area contributed by atoms with Crippen molar-refractivity contribution in [2.45, 2.75) is 5.41 Å². The molecule has 11 aromatic rings. The average molecular weight is 852 g/mol. The summed E-state index contributed by atoms with van der Waals surface area (Å²) in [5, 5.41) is 0. The van der Waals surface area contributed by atoms with Crippen LogP contribution < -0.4 is 0 Å². The first-order chi connectivity index (χ1) is 33.2. The third-order valence-corrected chi connectivity index (χ3v) is 13.8. The highest BCUT2D eigenvalue weighted by Gasteiger charge is 2.49. The van der Waals surface area contributed by atoms with Crippen molar-refractivity contribution < 1.29 is 0 Å². The zero-order chi connectivity index (χ0) is 44.3. The Bertz CT molecular complexity index is 3560. The smallest absolute Gasteiger partial charge is 0.164 e. The van der Waals surface area contributed by atoms with Crippen LogP contribution in [0.4, 0.5) is 0 Å². The van der Waals surface area contributed by atoms with E-state index >= 15 is 0 Å². The van der Waals surface area contributed by atoms with Gasteiger partial charge < -0.3 is 0 Å². The number of benzene rings is 10. The molecule has 2 aliphatic rings. The van der Waals surface area contributed by atoms with E-state index in [-0.39, 0.29) is 0 Å². The first-order valence-corrected chi connectivity index (χ1v) is 22.9. The van der Waals surface area contributed by atoms with E-state index < -0.39 is 5.41 Å². The van der Waals surface area contributed by atoms with Crippen molar-refractivity contribution in [2.75, 3.05) is 0 Å². The van der Waals surface area contributed by atoms with Gasteiger partial charge in [0, 0.05) is 16.7 Å². The Balaban J connectivity index is 1.06. The van der Waals surface area contributed by atoms with Crippen molar-refractivity contribution in [1.29, 1.82) is 0 Å². The second kappa shape index (κ2) is 15.7. The highest BCUT2D eigenvalue weighted by molar-refractivity contribution is 5.98. The molecule has 1 spiro atoms. The molecule has 3 heteroatoms. The van der Waals surface area contributed by atoms with Gasteiger partial charge in [0.15, 0.2) is 17.5 Å². The molecule has 0 unspecified atom stereocenters. The summed E-state index contributed by atoms with van der Waals surface area (Å²) in [7, 11) is 0. The fourth-order valence-electron chi connectivity index (χ4n) is 10.8. The maximum atomic E-state index is 5.45. The van der Waals surface area contributed by atoms with Crippen molar-refractivity contribution >= 4 is 0 Å². The Morgan fingerprint density at radius 2 is 0.552 bits per heavy atom. The Morgan fingerprint density at radius 3 is 1.07 bits per heavy atom. The van der Waals surface area contributed by atoms with E-state index in [1.807, 2.05) is 0 Å². The molecule has 0 fully saturated rings. The fourth-order valence-corrected chi connectivity index (χ4v) is 10.8. The zero-order valence-corrected chi connectivity index (χ0v) is 36.5. The quantitative estimate of drug-likeness (QED) is 0.167. The van der Waals surface area contributed by atoms with Crippen molar-refractivity contribution in [1.82, 2.24) is 15.0 Å². The minimum atomic E-state index is -0.577. The average Bonchev–Trinajstić information content (AvgIpc) is 3.65. The number of hydrogen-bond donors (Lipinski definition) is 0. The molecule has 1 heterocycles. The third-order valence-electron chi connectivity index (χ3n) is 13.8. The van der Waals surface area contributed by atoms with Crippen LogP contribution in [0.1, 0.15) is 22.3 Å². The summed E-state index contributed by atoms with van der Waals surface area (Å²) in [5.41, 5.74) is 21.3. The molecule has 0 saturated heterocycles. The molecule has 10 aromatic carbocycles. The van der Waals surface area contributed by atoms with Crippen LogP contribution in [0.3, 0.4) is 0 Å². The molecule has 2 aliphatic carbocycles. The third kappa shape index (κ3) is 6.24. The van der Waals surface area contributed by atoms with Gasteiger partial charge in [0.05, 0.1) is 5.41 Å². The summed E-state index contributed by atoms with van der Waals surface area (Å²) in [6.07, 6.45) is 0. The second-order valence-electron chi connectivity index (χ2n) is 17.4. The van der Waals surface area contributed by atoms with E-state index in [2.05, 4.69) is 249 Å². The SMILES string of the molecule is c1ccc(-c2cc(-c3ccccc3)cc(-c3nc(-c4ccc5c(c4)-c4ccccc4C54c5ccccc5-c5ccccc5-c5ccccc54)nc(-c4ccccc4-c4ccccc4)n3)c2)cc1. The number of nitrogens with zero attached hydrogens (tertiary/aromatic N) is 3. The molecule has 13 rings (SSSR count). The van der Waals surface area contributed by atoms with E-state index in [1.165, 1.54) is 55.6 Å². The molecule has 0 amide bonds. The van der Waals surface area contributed by atoms with Gasteiger partial charge in [0.25, 0.3) is 0 Å². The van der Waals surface area contributed by atoms with Crippen LogP contribution in [-0.2, 0) is 5.41 Å². The standard InChI is InChI=1S/C64H41N3/c1-4-20-42(21-5-1)46-38-47(43-22-6-2-7-23-43)40-48(39-46)62-65-61(66-63(67-62)55-32-13-10-26-49(55)44-24-8-3-9-25-44)45-36-37-60-56(41-45)54-31-16-19-35-59(54)64(60)57-33-17-14-29-52(57)50-27-11-12-28-51(50)53-30-15-18-34-58(53)64/h1-41H. The Hall–Kier alpha value is -8.79. The van der Waals surface area contributed by atoms with Gasteiger partial charge in [-0.2, -0.15) is 0 Å². The molecule has 0 bridgehead atoms. The van der Waals surface area contributed by atoms with Crippen LogP contribution in [0.5, 0.6) is 0 Å². The number of rotatable bonds is 6. The molecule has 312 valence electrons. The summed E-state index contributed by atoms with van der Waals surface area (Å²) in [5.74, 6) is 1.84. The zero-order valence-electron chi connectivity index (χ0n) is 36.5. The second-order valence-corrected chi connectivity index (χ2v) is 17.4. The molecule has 1 aromatic heterocycles. The molecule has 0 aliphatic heterocycles. The summed E-state index contributed by atoms with van der Waals surface area (Å²) >= 11 is 0. The maximum absolute atomic E-state index is 5.45. The largest absolute Gasteiger partial charge is 0.208 e. The predicted molar refractivity (Wildman–Crippen MR) is 274 cm³/mol. The maximum Gasteiger partial charge on any atom is 0.164 e. The fraction of sp³-hybridized carbons (Fsp3) is 0.0156. The minimum Gasteiger partial charge on any atom is -0.208 e. The van der Waals surface area contributed by atoms with E-state index in [1.54, 1.807) is 0 Å². The van der Waals surface area contributed by atoms with Gasteiger partial charge in [-0.15, -0.1) is 0 Å². The van der Waals surface area contributed by atoms with Crippen LogP contribution in [-0.4, -0.2) is 15.0 Å². The number of hydrogen-bond acceptors (Lipinski definition) is 3. The normalized spacial score (nSPS) is 12.6. The first kappa shape index (κ1) is 38.6. The predicted octanol–water partition coefficient (Wildman–Crippen LogP) is 15.9. The van der Waals surface area contributed by atoms with Crippen LogP contribution in [0.2, 0.25) is 0 Å². The topological polar surface area (TPSA) is 38.7 Å². The van der Waals surface area contributed by atoms with Crippen LogP contribution >= 0.6 is 0 Å². The lowest BCUT2D eigenvalue weighted by Crippen LogP contribution is -2.29. The Morgan fingerprint density at radius 1 is 0.194 bits per heavy atom. The Labute approximate surface area is 390 Å². The number of aromatic nitrogens is 3. The molecular formula is C64H41N3. The highest BCUT2D eigenvalue weighted by Crippen LogP contribution is 2.61. The molecule has 0 radical (unpaired) electrons. The monoisotopic (exact) mass is 851 g/mol. The van der Waals surface area contributed by atoms with Crippen LogP contribution in [0.15, 0.2) is 249 Å². The van der Waals surface area contributed by atoms with Gasteiger partial charge in [-0.25, -0.2) is 15.0 Å². The van der Waals surface area contributed by atoms with Crippen molar-refractivity contribution in [2.24, 2.45) is 0 Å². The molecular weight excluding hydrogens is 811 g/mol. The Kier molecular flexibility index (Phi) is 9.07. The molecule has 0 N–H and O–H groups in total. The van der Waals surface area contributed by atoms with Gasteiger partial charge in [0.2, 0.25) is 0 Å². The van der Waals surface area contributed by atoms with Crippen molar-refractivity contribution in [3.05, 3.63) is 271 Å². The number of fused-ring (bicyclic) bond motifs is 12. The lowest BCUT2D eigenvalue weighted by atomic mass is 9.66. The highest BCUT2D eigenvalue weighted by atomic mass is 15.0.